The largest absolute Gasteiger partial charge is 0.383 e. The molecule has 1 atom stereocenters. The summed E-state index contributed by atoms with van der Waals surface area (Å²) in [7, 11) is 1.61. The highest BCUT2D eigenvalue weighted by Crippen LogP contribution is 2.15. The molecule has 1 rings (SSSR count). The second-order valence-corrected chi connectivity index (χ2v) is 4.71. The quantitative estimate of drug-likeness (QED) is 0.793. The fourth-order valence-corrected chi connectivity index (χ4v) is 1.95. The lowest BCUT2D eigenvalue weighted by atomic mass is 10.1. The Kier molecular flexibility index (Phi) is 5.96. The van der Waals surface area contributed by atoms with E-state index in [0.29, 0.717) is 24.3 Å². The molecule has 0 radical (unpaired) electrons. The molecule has 1 unspecified atom stereocenters. The molecule has 1 amide bonds. The maximum absolute atomic E-state index is 13.1. The molecule has 0 aromatic heterocycles. The first-order valence-electron chi connectivity index (χ1n) is 6.57. The van der Waals surface area contributed by atoms with Crippen molar-refractivity contribution in [1.82, 2.24) is 4.90 Å². The van der Waals surface area contributed by atoms with E-state index in [9.17, 15) is 9.18 Å². The Morgan fingerprint density at radius 2 is 2.16 bits per heavy atom. The molecule has 4 heteroatoms. The lowest BCUT2D eigenvalue weighted by Gasteiger charge is -2.29. The molecule has 0 fully saturated rings. The SMILES string of the molecule is CCC(C)N(CCOC)C(=O)c1ccc(F)cc1C. The van der Waals surface area contributed by atoms with Crippen LogP contribution in [0.3, 0.4) is 0 Å². The van der Waals surface area contributed by atoms with Crippen LogP contribution >= 0.6 is 0 Å². The summed E-state index contributed by atoms with van der Waals surface area (Å²) in [5, 5.41) is 0. The minimum absolute atomic E-state index is 0.0658. The van der Waals surface area contributed by atoms with Gasteiger partial charge in [0.05, 0.1) is 6.61 Å². The summed E-state index contributed by atoms with van der Waals surface area (Å²) < 4.78 is 18.1. The van der Waals surface area contributed by atoms with Crippen LogP contribution in [0.15, 0.2) is 18.2 Å². The van der Waals surface area contributed by atoms with E-state index in [-0.39, 0.29) is 17.8 Å². The molecular formula is C15H22FNO2. The molecule has 0 N–H and O–H groups in total. The second-order valence-electron chi connectivity index (χ2n) is 4.71. The minimum atomic E-state index is -0.318. The number of benzene rings is 1. The molecule has 19 heavy (non-hydrogen) atoms. The molecule has 0 aliphatic rings. The average Bonchev–Trinajstić information content (AvgIpc) is 2.38. The third kappa shape index (κ3) is 4.03. The number of amides is 1. The Balaban J connectivity index is 2.97. The van der Waals surface area contributed by atoms with Gasteiger partial charge in [0.1, 0.15) is 5.82 Å². The summed E-state index contributed by atoms with van der Waals surface area (Å²) in [4.78, 5) is 14.3. The van der Waals surface area contributed by atoms with E-state index in [2.05, 4.69) is 0 Å². The molecule has 106 valence electrons. The van der Waals surface area contributed by atoms with Crippen LogP contribution in [0, 0.1) is 12.7 Å². The Morgan fingerprint density at radius 1 is 1.47 bits per heavy atom. The predicted octanol–water partition coefficient (Wildman–Crippen LogP) is 3.02. The van der Waals surface area contributed by atoms with Crippen LogP contribution in [-0.4, -0.2) is 37.1 Å². The highest BCUT2D eigenvalue weighted by Gasteiger charge is 2.21. The van der Waals surface area contributed by atoms with E-state index in [1.165, 1.54) is 12.1 Å². The van der Waals surface area contributed by atoms with Crippen molar-refractivity contribution in [2.75, 3.05) is 20.3 Å². The summed E-state index contributed by atoms with van der Waals surface area (Å²) in [5.41, 5.74) is 1.22. The van der Waals surface area contributed by atoms with Crippen molar-refractivity contribution in [2.24, 2.45) is 0 Å². The van der Waals surface area contributed by atoms with Crippen molar-refractivity contribution in [3.8, 4) is 0 Å². The van der Waals surface area contributed by atoms with Crippen LogP contribution in [0.1, 0.15) is 36.2 Å². The number of rotatable bonds is 6. The Bertz CT molecular complexity index is 434. The number of halogens is 1. The molecule has 0 bridgehead atoms. The number of nitrogens with zero attached hydrogens (tertiary/aromatic N) is 1. The van der Waals surface area contributed by atoms with Crippen molar-refractivity contribution in [3.63, 3.8) is 0 Å². The normalized spacial score (nSPS) is 12.3. The van der Waals surface area contributed by atoms with Gasteiger partial charge >= 0.3 is 0 Å². The second kappa shape index (κ2) is 7.24. The predicted molar refractivity (Wildman–Crippen MR) is 73.8 cm³/mol. The van der Waals surface area contributed by atoms with Crippen molar-refractivity contribution in [2.45, 2.75) is 33.2 Å². The molecule has 0 aliphatic carbocycles. The van der Waals surface area contributed by atoms with Gasteiger partial charge in [-0.25, -0.2) is 4.39 Å². The Morgan fingerprint density at radius 3 is 2.68 bits per heavy atom. The standard InChI is InChI=1S/C15H22FNO2/c1-5-12(3)17(8-9-19-4)15(18)14-7-6-13(16)10-11(14)2/h6-7,10,12H,5,8-9H2,1-4H3. The molecule has 1 aromatic carbocycles. The number of ether oxygens (including phenoxy) is 1. The first kappa shape index (κ1) is 15.6. The van der Waals surface area contributed by atoms with E-state index >= 15 is 0 Å². The zero-order valence-corrected chi connectivity index (χ0v) is 12.1. The van der Waals surface area contributed by atoms with Gasteiger partial charge in [-0.1, -0.05) is 6.92 Å². The topological polar surface area (TPSA) is 29.5 Å². The lowest BCUT2D eigenvalue weighted by Crippen LogP contribution is -2.40. The Labute approximate surface area is 114 Å². The fraction of sp³-hybridized carbons (Fsp3) is 0.533. The van der Waals surface area contributed by atoms with Crippen LogP contribution in [0.25, 0.3) is 0 Å². The zero-order chi connectivity index (χ0) is 14.4. The molecule has 1 aromatic rings. The minimum Gasteiger partial charge on any atom is -0.383 e. The van der Waals surface area contributed by atoms with Gasteiger partial charge in [-0.2, -0.15) is 0 Å². The molecular weight excluding hydrogens is 245 g/mol. The van der Waals surface area contributed by atoms with Gasteiger partial charge in [0.15, 0.2) is 0 Å². The highest BCUT2D eigenvalue weighted by atomic mass is 19.1. The summed E-state index contributed by atoms with van der Waals surface area (Å²) in [6.45, 7) is 6.83. The van der Waals surface area contributed by atoms with Gasteiger partial charge in [-0.3, -0.25) is 4.79 Å². The third-order valence-corrected chi connectivity index (χ3v) is 3.34. The number of carbonyl (C=O) groups is 1. The number of methoxy groups -OCH3 is 1. The summed E-state index contributed by atoms with van der Waals surface area (Å²) >= 11 is 0. The van der Waals surface area contributed by atoms with Crippen LogP contribution in [0.5, 0.6) is 0 Å². The highest BCUT2D eigenvalue weighted by molar-refractivity contribution is 5.95. The van der Waals surface area contributed by atoms with Crippen LogP contribution in [-0.2, 0) is 4.74 Å². The van der Waals surface area contributed by atoms with E-state index in [0.717, 1.165) is 6.42 Å². The van der Waals surface area contributed by atoms with Crippen molar-refractivity contribution in [1.29, 1.82) is 0 Å². The van der Waals surface area contributed by atoms with E-state index in [1.54, 1.807) is 25.0 Å². The van der Waals surface area contributed by atoms with Gasteiger partial charge in [-0.15, -0.1) is 0 Å². The first-order valence-corrected chi connectivity index (χ1v) is 6.57. The van der Waals surface area contributed by atoms with Gasteiger partial charge < -0.3 is 9.64 Å². The molecule has 0 heterocycles. The van der Waals surface area contributed by atoms with Crippen LogP contribution in [0.4, 0.5) is 4.39 Å². The fourth-order valence-electron chi connectivity index (χ4n) is 1.95. The van der Waals surface area contributed by atoms with Gasteiger partial charge in [0.25, 0.3) is 5.91 Å². The van der Waals surface area contributed by atoms with Gasteiger partial charge in [0.2, 0.25) is 0 Å². The third-order valence-electron chi connectivity index (χ3n) is 3.34. The smallest absolute Gasteiger partial charge is 0.254 e. The summed E-state index contributed by atoms with van der Waals surface area (Å²) in [6, 6.07) is 4.39. The number of hydrogen-bond acceptors (Lipinski definition) is 2. The Hall–Kier alpha value is -1.42. The molecule has 0 saturated heterocycles. The van der Waals surface area contributed by atoms with E-state index < -0.39 is 0 Å². The first-order chi connectivity index (χ1) is 9.01. The number of aryl methyl sites for hydroxylation is 1. The number of hydrogen-bond donors (Lipinski definition) is 0. The maximum Gasteiger partial charge on any atom is 0.254 e. The molecule has 0 spiro atoms. The average molecular weight is 267 g/mol. The maximum atomic E-state index is 13.1. The molecule has 0 saturated carbocycles. The van der Waals surface area contributed by atoms with Crippen molar-refractivity contribution in [3.05, 3.63) is 35.1 Å². The van der Waals surface area contributed by atoms with Crippen molar-refractivity contribution < 1.29 is 13.9 Å². The number of carbonyl (C=O) groups excluding carboxylic acids is 1. The van der Waals surface area contributed by atoms with E-state index in [4.69, 9.17) is 4.74 Å². The lowest BCUT2D eigenvalue weighted by molar-refractivity contribution is 0.0613. The van der Waals surface area contributed by atoms with Crippen LogP contribution < -0.4 is 0 Å². The molecule has 0 aliphatic heterocycles. The zero-order valence-electron chi connectivity index (χ0n) is 12.1. The van der Waals surface area contributed by atoms with Gasteiger partial charge in [0, 0.05) is 25.3 Å². The van der Waals surface area contributed by atoms with Crippen LogP contribution in [0.2, 0.25) is 0 Å². The van der Waals surface area contributed by atoms with Crippen molar-refractivity contribution >= 4 is 5.91 Å². The monoisotopic (exact) mass is 267 g/mol. The van der Waals surface area contributed by atoms with E-state index in [1.807, 2.05) is 13.8 Å². The summed E-state index contributed by atoms with van der Waals surface area (Å²) in [6.07, 6.45) is 0.871. The molecule has 3 nitrogen and oxygen atoms in total. The van der Waals surface area contributed by atoms with Gasteiger partial charge in [-0.05, 0) is 44.0 Å². The summed E-state index contributed by atoms with van der Waals surface area (Å²) in [5.74, 6) is -0.384.